The second kappa shape index (κ2) is 6.93. The van der Waals surface area contributed by atoms with E-state index in [0.29, 0.717) is 12.5 Å². The van der Waals surface area contributed by atoms with Crippen LogP contribution in [-0.2, 0) is 12.0 Å². The first-order valence-electron chi connectivity index (χ1n) is 9.61. The van der Waals surface area contributed by atoms with E-state index in [4.69, 9.17) is 4.74 Å². The normalized spacial score (nSPS) is 14.9. The third kappa shape index (κ3) is 3.46. The van der Waals surface area contributed by atoms with E-state index in [9.17, 15) is 4.79 Å². The number of benzene rings is 1. The van der Waals surface area contributed by atoms with Crippen molar-refractivity contribution < 1.29 is 4.74 Å². The van der Waals surface area contributed by atoms with Gasteiger partial charge in [-0.2, -0.15) is 5.10 Å². The van der Waals surface area contributed by atoms with Crippen molar-refractivity contribution in [3.8, 4) is 5.75 Å². The van der Waals surface area contributed by atoms with Crippen LogP contribution in [0.1, 0.15) is 26.5 Å². The van der Waals surface area contributed by atoms with Gasteiger partial charge in [-0.1, -0.05) is 20.8 Å². The monoisotopic (exact) mass is 378 g/mol. The van der Waals surface area contributed by atoms with Gasteiger partial charge in [0.1, 0.15) is 5.75 Å². The van der Waals surface area contributed by atoms with Gasteiger partial charge in [0.25, 0.3) is 5.56 Å². The van der Waals surface area contributed by atoms with Gasteiger partial charge in [0.2, 0.25) is 0 Å². The predicted octanol–water partition coefficient (Wildman–Crippen LogP) is 3.23. The Kier molecular flexibility index (Phi) is 4.57. The van der Waals surface area contributed by atoms with Crippen molar-refractivity contribution in [2.24, 2.45) is 5.92 Å². The van der Waals surface area contributed by atoms with Crippen LogP contribution in [0.3, 0.4) is 0 Å². The van der Waals surface area contributed by atoms with Crippen LogP contribution in [0.2, 0.25) is 0 Å². The average molecular weight is 378 g/mol. The molecule has 1 aliphatic rings. The zero-order valence-corrected chi connectivity index (χ0v) is 16.8. The summed E-state index contributed by atoms with van der Waals surface area (Å²) in [7, 11) is 1.67. The minimum Gasteiger partial charge on any atom is -0.497 e. The van der Waals surface area contributed by atoms with Gasteiger partial charge in [-0.3, -0.25) is 9.78 Å². The second-order valence-electron chi connectivity index (χ2n) is 8.47. The van der Waals surface area contributed by atoms with Crippen molar-refractivity contribution in [2.45, 2.75) is 32.7 Å². The largest absolute Gasteiger partial charge is 0.497 e. The van der Waals surface area contributed by atoms with E-state index in [0.717, 1.165) is 41.1 Å². The molecule has 3 heterocycles. The van der Waals surface area contributed by atoms with Crippen LogP contribution in [0.15, 0.2) is 47.4 Å². The molecule has 0 unspecified atom stereocenters. The first-order valence-corrected chi connectivity index (χ1v) is 9.61. The number of hydrogen-bond acceptors (Lipinski definition) is 5. The molecular formula is C22H26N4O2. The molecule has 4 rings (SSSR count). The van der Waals surface area contributed by atoms with Crippen LogP contribution < -0.4 is 15.2 Å². The molecule has 0 bridgehead atoms. The summed E-state index contributed by atoms with van der Waals surface area (Å²) in [5.74, 6) is 1.22. The van der Waals surface area contributed by atoms with Crippen LogP contribution in [0, 0.1) is 5.92 Å². The number of hydrogen-bond donors (Lipinski definition) is 0. The lowest BCUT2D eigenvalue weighted by molar-refractivity contribution is 0.330. The summed E-state index contributed by atoms with van der Waals surface area (Å²) in [4.78, 5) is 19.0. The molecule has 1 aromatic carbocycles. The SMILES string of the molecule is COc1ccc2nccc(N3CC(Cn4nc(C(C)(C)C)ccc4=O)C3)c2c1. The lowest BCUT2D eigenvalue weighted by Gasteiger charge is -2.41. The maximum Gasteiger partial charge on any atom is 0.266 e. The van der Waals surface area contributed by atoms with E-state index in [2.05, 4.69) is 35.8 Å². The molecule has 0 radical (unpaired) electrons. The lowest BCUT2D eigenvalue weighted by atomic mass is 9.92. The van der Waals surface area contributed by atoms with Crippen LogP contribution in [0.4, 0.5) is 5.69 Å². The maximum atomic E-state index is 12.2. The fourth-order valence-electron chi connectivity index (χ4n) is 3.62. The third-order valence-corrected chi connectivity index (χ3v) is 5.29. The van der Waals surface area contributed by atoms with Crippen LogP contribution >= 0.6 is 0 Å². The van der Waals surface area contributed by atoms with Crippen molar-refractivity contribution in [1.29, 1.82) is 0 Å². The molecule has 28 heavy (non-hydrogen) atoms. The Balaban J connectivity index is 1.52. The summed E-state index contributed by atoms with van der Waals surface area (Å²) in [6, 6.07) is 11.5. The van der Waals surface area contributed by atoms with E-state index in [1.807, 2.05) is 36.5 Å². The quantitative estimate of drug-likeness (QED) is 0.698. The Morgan fingerprint density at radius 1 is 1.14 bits per heavy atom. The number of ether oxygens (including phenoxy) is 1. The first kappa shape index (κ1) is 18.5. The number of aromatic nitrogens is 3. The molecule has 0 atom stereocenters. The fourth-order valence-corrected chi connectivity index (χ4v) is 3.62. The zero-order chi connectivity index (χ0) is 19.9. The minimum atomic E-state index is -0.0733. The van der Waals surface area contributed by atoms with E-state index < -0.39 is 0 Å². The van der Waals surface area contributed by atoms with Crippen molar-refractivity contribution >= 4 is 16.6 Å². The van der Waals surface area contributed by atoms with Gasteiger partial charge in [-0.25, -0.2) is 4.68 Å². The van der Waals surface area contributed by atoms with E-state index in [1.54, 1.807) is 17.9 Å². The molecule has 0 spiro atoms. The molecule has 0 aliphatic carbocycles. The molecular weight excluding hydrogens is 352 g/mol. The summed E-state index contributed by atoms with van der Waals surface area (Å²) >= 11 is 0. The average Bonchev–Trinajstić information content (AvgIpc) is 2.64. The topological polar surface area (TPSA) is 60.2 Å². The van der Waals surface area contributed by atoms with Gasteiger partial charge in [0, 0.05) is 47.8 Å². The Hall–Kier alpha value is -2.89. The summed E-state index contributed by atoms with van der Waals surface area (Å²) in [6.07, 6.45) is 1.84. The molecule has 0 amide bonds. The maximum absolute atomic E-state index is 12.2. The Morgan fingerprint density at radius 2 is 1.93 bits per heavy atom. The summed E-state index contributed by atoms with van der Waals surface area (Å²) < 4.78 is 6.99. The number of methoxy groups -OCH3 is 1. The van der Waals surface area contributed by atoms with Crippen molar-refractivity contribution in [3.05, 3.63) is 58.6 Å². The number of pyridine rings is 1. The standard InChI is InChI=1S/C22H26N4O2/c1-22(2,3)20-7-8-21(27)26(24-20)14-15-12-25(13-15)19-9-10-23-18-6-5-16(28-4)11-17(18)19/h5-11,15H,12-14H2,1-4H3. The van der Waals surface area contributed by atoms with Gasteiger partial charge in [0.05, 0.1) is 24.9 Å². The van der Waals surface area contributed by atoms with E-state index in [1.165, 1.54) is 0 Å². The number of anilines is 1. The Bertz CT molecular complexity index is 1060. The van der Waals surface area contributed by atoms with Crippen molar-refractivity contribution in [3.63, 3.8) is 0 Å². The highest BCUT2D eigenvalue weighted by Gasteiger charge is 2.29. The lowest BCUT2D eigenvalue weighted by Crippen LogP contribution is -2.50. The van der Waals surface area contributed by atoms with Gasteiger partial charge in [-0.15, -0.1) is 0 Å². The molecule has 6 nitrogen and oxygen atoms in total. The summed E-state index contributed by atoms with van der Waals surface area (Å²) in [6.45, 7) is 8.76. The van der Waals surface area contributed by atoms with Crippen molar-refractivity contribution in [2.75, 3.05) is 25.1 Å². The Labute approximate surface area is 164 Å². The number of nitrogens with zero attached hydrogens (tertiary/aromatic N) is 4. The number of fused-ring (bicyclic) bond motifs is 1. The molecule has 2 aromatic heterocycles. The smallest absolute Gasteiger partial charge is 0.266 e. The van der Waals surface area contributed by atoms with Gasteiger partial charge >= 0.3 is 0 Å². The van der Waals surface area contributed by atoms with Gasteiger partial charge in [-0.05, 0) is 30.3 Å². The van der Waals surface area contributed by atoms with Gasteiger partial charge in [0.15, 0.2) is 0 Å². The number of rotatable bonds is 4. The molecule has 3 aromatic rings. The van der Waals surface area contributed by atoms with Crippen LogP contribution in [0.25, 0.3) is 10.9 Å². The molecule has 6 heteroatoms. The molecule has 1 fully saturated rings. The van der Waals surface area contributed by atoms with Crippen LogP contribution in [-0.4, -0.2) is 35.0 Å². The first-order chi connectivity index (χ1) is 13.3. The molecule has 0 N–H and O–H groups in total. The molecule has 1 saturated heterocycles. The van der Waals surface area contributed by atoms with Crippen LogP contribution in [0.5, 0.6) is 5.75 Å². The Morgan fingerprint density at radius 3 is 2.64 bits per heavy atom. The minimum absolute atomic E-state index is 0.0365. The highest BCUT2D eigenvalue weighted by molar-refractivity contribution is 5.92. The summed E-state index contributed by atoms with van der Waals surface area (Å²) in [5.41, 5.74) is 2.94. The second-order valence-corrected chi connectivity index (χ2v) is 8.47. The van der Waals surface area contributed by atoms with E-state index >= 15 is 0 Å². The summed E-state index contributed by atoms with van der Waals surface area (Å²) in [5, 5.41) is 5.68. The highest BCUT2D eigenvalue weighted by Crippen LogP contribution is 2.33. The fraction of sp³-hybridized carbons (Fsp3) is 0.409. The third-order valence-electron chi connectivity index (χ3n) is 5.29. The van der Waals surface area contributed by atoms with E-state index in [-0.39, 0.29) is 11.0 Å². The highest BCUT2D eigenvalue weighted by atomic mass is 16.5. The zero-order valence-electron chi connectivity index (χ0n) is 16.8. The van der Waals surface area contributed by atoms with Gasteiger partial charge < -0.3 is 9.64 Å². The van der Waals surface area contributed by atoms with Crippen molar-refractivity contribution in [1.82, 2.24) is 14.8 Å². The predicted molar refractivity (Wildman–Crippen MR) is 111 cm³/mol. The molecule has 0 saturated carbocycles. The molecule has 146 valence electrons. The molecule has 1 aliphatic heterocycles.